The Labute approximate surface area is 145 Å². The van der Waals surface area contributed by atoms with Crippen molar-refractivity contribution in [3.8, 4) is 0 Å². The molecule has 25 heavy (non-hydrogen) atoms. The minimum Gasteiger partial charge on any atom is -0.371 e. The molecule has 2 aromatic rings. The lowest BCUT2D eigenvalue weighted by atomic mass is 9.94. The van der Waals surface area contributed by atoms with E-state index < -0.39 is 11.5 Å². The van der Waals surface area contributed by atoms with Gasteiger partial charge in [-0.15, -0.1) is 0 Å². The van der Waals surface area contributed by atoms with E-state index in [0.717, 1.165) is 25.5 Å². The van der Waals surface area contributed by atoms with Crippen molar-refractivity contribution < 1.29 is 13.9 Å². The number of hydrogen-bond acceptors (Lipinski definition) is 5. The highest BCUT2D eigenvalue weighted by Crippen LogP contribution is 2.31. The second kappa shape index (κ2) is 7.95. The molecule has 1 aliphatic heterocycles. The monoisotopic (exact) mass is 348 g/mol. The first-order valence-corrected chi connectivity index (χ1v) is 8.48. The van der Waals surface area contributed by atoms with Crippen LogP contribution in [0.2, 0.25) is 0 Å². The third kappa shape index (κ3) is 4.36. The normalized spacial score (nSPS) is 18.0. The molecule has 7 heteroatoms. The van der Waals surface area contributed by atoms with Crippen LogP contribution in [0.4, 0.5) is 8.78 Å². The molecule has 0 bridgehead atoms. The maximum atomic E-state index is 13.3. The van der Waals surface area contributed by atoms with Crippen molar-refractivity contribution in [1.29, 1.82) is 0 Å². The SMILES string of the molecule is OC(CCCc1ncc(F)cn1)(c1ccc(F)cc1)N1CCNCC1. The van der Waals surface area contributed by atoms with E-state index in [4.69, 9.17) is 0 Å². The molecular weight excluding hydrogens is 326 g/mol. The van der Waals surface area contributed by atoms with Crippen molar-refractivity contribution in [1.82, 2.24) is 20.2 Å². The van der Waals surface area contributed by atoms with E-state index in [1.54, 1.807) is 12.1 Å². The van der Waals surface area contributed by atoms with E-state index >= 15 is 0 Å². The zero-order chi connectivity index (χ0) is 17.7. The van der Waals surface area contributed by atoms with Crippen LogP contribution in [-0.4, -0.2) is 46.2 Å². The fraction of sp³-hybridized carbons (Fsp3) is 0.444. The van der Waals surface area contributed by atoms with E-state index in [1.165, 1.54) is 12.1 Å². The van der Waals surface area contributed by atoms with Gasteiger partial charge in [-0.05, 0) is 30.5 Å². The lowest BCUT2D eigenvalue weighted by Gasteiger charge is -2.42. The van der Waals surface area contributed by atoms with Crippen LogP contribution in [-0.2, 0) is 12.1 Å². The lowest BCUT2D eigenvalue weighted by molar-refractivity contribution is -0.127. The quantitative estimate of drug-likeness (QED) is 0.834. The van der Waals surface area contributed by atoms with Crippen molar-refractivity contribution in [2.45, 2.75) is 25.0 Å². The number of aliphatic hydroxyl groups is 1. The molecule has 1 atom stereocenters. The van der Waals surface area contributed by atoms with Gasteiger partial charge < -0.3 is 10.4 Å². The van der Waals surface area contributed by atoms with Crippen LogP contribution in [0.25, 0.3) is 0 Å². The van der Waals surface area contributed by atoms with Gasteiger partial charge in [0.15, 0.2) is 5.82 Å². The summed E-state index contributed by atoms with van der Waals surface area (Å²) in [6, 6.07) is 5.99. The van der Waals surface area contributed by atoms with Crippen LogP contribution in [0.5, 0.6) is 0 Å². The van der Waals surface area contributed by atoms with Crippen LogP contribution in [0.3, 0.4) is 0 Å². The van der Waals surface area contributed by atoms with E-state index in [0.29, 0.717) is 43.7 Å². The van der Waals surface area contributed by atoms with Gasteiger partial charge in [-0.3, -0.25) is 4.90 Å². The summed E-state index contributed by atoms with van der Waals surface area (Å²) < 4.78 is 26.2. The van der Waals surface area contributed by atoms with Crippen molar-refractivity contribution in [2.75, 3.05) is 26.2 Å². The van der Waals surface area contributed by atoms with Gasteiger partial charge in [0.25, 0.3) is 0 Å². The second-order valence-electron chi connectivity index (χ2n) is 6.23. The highest BCUT2D eigenvalue weighted by molar-refractivity contribution is 5.23. The highest BCUT2D eigenvalue weighted by atomic mass is 19.1. The third-order valence-corrected chi connectivity index (χ3v) is 4.55. The van der Waals surface area contributed by atoms with Crippen LogP contribution in [0.1, 0.15) is 24.2 Å². The molecule has 0 saturated carbocycles. The van der Waals surface area contributed by atoms with Crippen LogP contribution in [0.15, 0.2) is 36.7 Å². The molecule has 1 aromatic heterocycles. The molecule has 1 aromatic carbocycles. The summed E-state index contributed by atoms with van der Waals surface area (Å²) in [6.45, 7) is 3.01. The minimum absolute atomic E-state index is 0.328. The average Bonchev–Trinajstić information content (AvgIpc) is 2.64. The van der Waals surface area contributed by atoms with Gasteiger partial charge in [-0.25, -0.2) is 18.7 Å². The van der Waals surface area contributed by atoms with Gasteiger partial charge in [0.2, 0.25) is 0 Å². The summed E-state index contributed by atoms with van der Waals surface area (Å²) in [4.78, 5) is 9.92. The molecule has 1 unspecified atom stereocenters. The fourth-order valence-electron chi connectivity index (χ4n) is 3.20. The topological polar surface area (TPSA) is 61.3 Å². The Bertz CT molecular complexity index is 674. The van der Waals surface area contributed by atoms with Crippen molar-refractivity contribution in [2.24, 2.45) is 0 Å². The molecule has 134 valence electrons. The van der Waals surface area contributed by atoms with Crippen molar-refractivity contribution in [3.63, 3.8) is 0 Å². The minimum atomic E-state index is -1.17. The Balaban J connectivity index is 1.73. The number of piperazine rings is 1. The lowest BCUT2D eigenvalue weighted by Crippen LogP contribution is -2.54. The van der Waals surface area contributed by atoms with E-state index in [-0.39, 0.29) is 5.82 Å². The van der Waals surface area contributed by atoms with Gasteiger partial charge in [0.05, 0.1) is 12.4 Å². The molecule has 3 rings (SSSR count). The smallest absolute Gasteiger partial charge is 0.159 e. The number of aryl methyl sites for hydroxylation is 1. The molecule has 1 saturated heterocycles. The summed E-state index contributed by atoms with van der Waals surface area (Å²) in [7, 11) is 0. The maximum absolute atomic E-state index is 13.3. The summed E-state index contributed by atoms with van der Waals surface area (Å²) in [5.41, 5.74) is -0.494. The van der Waals surface area contributed by atoms with Crippen LogP contribution in [0, 0.1) is 11.6 Å². The number of nitrogens with one attached hydrogen (secondary N) is 1. The van der Waals surface area contributed by atoms with E-state index in [9.17, 15) is 13.9 Å². The van der Waals surface area contributed by atoms with E-state index in [2.05, 4.69) is 15.3 Å². The van der Waals surface area contributed by atoms with Crippen molar-refractivity contribution >= 4 is 0 Å². The number of hydrogen-bond donors (Lipinski definition) is 2. The van der Waals surface area contributed by atoms with Crippen LogP contribution < -0.4 is 5.32 Å². The third-order valence-electron chi connectivity index (χ3n) is 4.55. The molecule has 1 aliphatic rings. The van der Waals surface area contributed by atoms with Gasteiger partial charge in [-0.1, -0.05) is 12.1 Å². The molecule has 2 heterocycles. The maximum Gasteiger partial charge on any atom is 0.159 e. The van der Waals surface area contributed by atoms with E-state index in [1.807, 2.05) is 4.90 Å². The summed E-state index contributed by atoms with van der Waals surface area (Å²) >= 11 is 0. The van der Waals surface area contributed by atoms with Crippen molar-refractivity contribution in [3.05, 3.63) is 59.7 Å². The summed E-state index contributed by atoms with van der Waals surface area (Å²) in [5.74, 6) is -0.248. The largest absolute Gasteiger partial charge is 0.371 e. The number of rotatable bonds is 6. The molecule has 0 spiro atoms. The number of benzene rings is 1. The first-order valence-electron chi connectivity index (χ1n) is 8.48. The number of halogens is 2. The standard InChI is InChI=1S/C18H22F2N4O/c19-15-5-3-14(4-6-15)18(25,24-10-8-21-9-11-24)7-1-2-17-22-12-16(20)13-23-17/h3-6,12-13,21,25H,1-2,7-11H2. The molecule has 1 fully saturated rings. The molecule has 0 radical (unpaired) electrons. The predicted octanol–water partition coefficient (Wildman–Crippen LogP) is 1.83. The zero-order valence-electron chi connectivity index (χ0n) is 14.0. The average molecular weight is 348 g/mol. The Kier molecular flexibility index (Phi) is 5.67. The fourth-order valence-corrected chi connectivity index (χ4v) is 3.20. The number of aromatic nitrogens is 2. The molecule has 0 aliphatic carbocycles. The second-order valence-corrected chi connectivity index (χ2v) is 6.23. The van der Waals surface area contributed by atoms with Gasteiger partial charge in [-0.2, -0.15) is 0 Å². The van der Waals surface area contributed by atoms with Gasteiger partial charge in [0, 0.05) is 32.6 Å². The predicted molar refractivity (Wildman–Crippen MR) is 89.7 cm³/mol. The summed E-state index contributed by atoms with van der Waals surface area (Å²) in [6.07, 6.45) is 3.91. The Morgan fingerprint density at radius 2 is 1.68 bits per heavy atom. The molecule has 5 nitrogen and oxygen atoms in total. The molecule has 2 N–H and O–H groups in total. The Morgan fingerprint density at radius 1 is 1.04 bits per heavy atom. The summed E-state index contributed by atoms with van der Waals surface area (Å²) in [5, 5.41) is 14.7. The highest BCUT2D eigenvalue weighted by Gasteiger charge is 2.36. The first-order chi connectivity index (χ1) is 12.1. The first kappa shape index (κ1) is 17.8. The molecular formula is C18H22F2N4O. The zero-order valence-corrected chi connectivity index (χ0v) is 14.0. The Hall–Kier alpha value is -1.96. The van der Waals surface area contributed by atoms with Crippen LogP contribution >= 0.6 is 0 Å². The molecule has 0 amide bonds. The Morgan fingerprint density at radius 3 is 2.32 bits per heavy atom. The van der Waals surface area contributed by atoms with Gasteiger partial charge in [0.1, 0.15) is 17.4 Å². The van der Waals surface area contributed by atoms with Gasteiger partial charge >= 0.3 is 0 Å². The number of nitrogens with zero attached hydrogens (tertiary/aromatic N) is 3.